The monoisotopic (exact) mass is 298 g/mol. The van der Waals surface area contributed by atoms with E-state index in [4.69, 9.17) is 11.6 Å². The lowest BCUT2D eigenvalue weighted by atomic mass is 10.1. The molecule has 1 aromatic rings. The number of rotatable bonds is 3. The molecule has 1 unspecified atom stereocenters. The fourth-order valence-electron chi connectivity index (χ4n) is 2.26. The highest BCUT2D eigenvalue weighted by Crippen LogP contribution is 2.25. The predicted molar refractivity (Wildman–Crippen MR) is 75.2 cm³/mol. The molecule has 0 spiro atoms. The van der Waals surface area contributed by atoms with E-state index in [1.165, 1.54) is 23.1 Å². The first kappa shape index (κ1) is 14.8. The van der Waals surface area contributed by atoms with Gasteiger partial charge in [-0.25, -0.2) is 4.39 Å². The SMILES string of the molecule is CCCC1NC(=O)CCN(c2ccc(Cl)cc2F)C1=O. The molecule has 0 aromatic heterocycles. The number of halogens is 2. The van der Waals surface area contributed by atoms with E-state index in [-0.39, 0.29) is 35.5 Å². The molecule has 6 heteroatoms. The second kappa shape index (κ2) is 6.22. The van der Waals surface area contributed by atoms with E-state index in [1.807, 2.05) is 6.92 Å². The molecule has 4 nitrogen and oxygen atoms in total. The maximum absolute atomic E-state index is 14.0. The minimum Gasteiger partial charge on any atom is -0.344 e. The van der Waals surface area contributed by atoms with Crippen molar-refractivity contribution in [2.24, 2.45) is 0 Å². The summed E-state index contributed by atoms with van der Waals surface area (Å²) >= 11 is 5.72. The van der Waals surface area contributed by atoms with Crippen LogP contribution < -0.4 is 10.2 Å². The van der Waals surface area contributed by atoms with Crippen LogP contribution in [0, 0.1) is 5.82 Å². The summed E-state index contributed by atoms with van der Waals surface area (Å²) in [7, 11) is 0. The third-order valence-electron chi connectivity index (χ3n) is 3.24. The van der Waals surface area contributed by atoms with Gasteiger partial charge in [-0.2, -0.15) is 0 Å². The zero-order valence-corrected chi connectivity index (χ0v) is 11.9. The zero-order chi connectivity index (χ0) is 14.7. The fraction of sp³-hybridized carbons (Fsp3) is 0.429. The first-order valence-corrected chi connectivity index (χ1v) is 6.96. The van der Waals surface area contributed by atoms with Crippen LogP contribution in [0.3, 0.4) is 0 Å². The Morgan fingerprint density at radius 3 is 2.85 bits per heavy atom. The quantitative estimate of drug-likeness (QED) is 0.932. The van der Waals surface area contributed by atoms with Gasteiger partial charge in [0.2, 0.25) is 11.8 Å². The van der Waals surface area contributed by atoms with Crippen LogP contribution in [-0.4, -0.2) is 24.4 Å². The van der Waals surface area contributed by atoms with Crippen molar-refractivity contribution in [3.05, 3.63) is 29.0 Å². The summed E-state index contributed by atoms with van der Waals surface area (Å²) < 4.78 is 14.0. The topological polar surface area (TPSA) is 49.4 Å². The standard InChI is InChI=1S/C14H16ClFN2O2/c1-2-3-11-14(20)18(7-6-13(19)17-11)12-5-4-9(15)8-10(12)16/h4-5,8,11H,2-3,6-7H2,1H3,(H,17,19). The number of amides is 2. The predicted octanol–water partition coefficient (Wildman–Crippen LogP) is 2.50. The van der Waals surface area contributed by atoms with E-state index in [0.717, 1.165) is 6.42 Å². The summed E-state index contributed by atoms with van der Waals surface area (Å²) in [6.07, 6.45) is 1.46. The van der Waals surface area contributed by atoms with Crippen LogP contribution in [0.15, 0.2) is 18.2 Å². The molecule has 1 N–H and O–H groups in total. The molecule has 1 aromatic carbocycles. The third kappa shape index (κ3) is 3.10. The summed E-state index contributed by atoms with van der Waals surface area (Å²) in [6, 6.07) is 3.57. The van der Waals surface area contributed by atoms with E-state index in [9.17, 15) is 14.0 Å². The van der Waals surface area contributed by atoms with Crippen LogP contribution >= 0.6 is 11.6 Å². The Bertz CT molecular complexity index is 536. The Kier molecular flexibility index (Phi) is 4.60. The molecule has 0 aliphatic carbocycles. The summed E-state index contributed by atoms with van der Waals surface area (Å²) in [5.41, 5.74) is 0.164. The lowest BCUT2D eigenvalue weighted by Gasteiger charge is -2.24. The van der Waals surface area contributed by atoms with Crippen molar-refractivity contribution in [3.8, 4) is 0 Å². The van der Waals surface area contributed by atoms with Gasteiger partial charge in [0.1, 0.15) is 11.9 Å². The molecule has 1 heterocycles. The molecule has 1 aliphatic heterocycles. The van der Waals surface area contributed by atoms with Crippen LogP contribution in [0.5, 0.6) is 0 Å². The van der Waals surface area contributed by atoms with Crippen LogP contribution in [-0.2, 0) is 9.59 Å². The number of hydrogen-bond acceptors (Lipinski definition) is 2. The highest BCUT2D eigenvalue weighted by atomic mass is 35.5. The maximum Gasteiger partial charge on any atom is 0.249 e. The molecule has 1 fully saturated rings. The number of hydrogen-bond donors (Lipinski definition) is 1. The Balaban J connectivity index is 2.33. The van der Waals surface area contributed by atoms with E-state index >= 15 is 0 Å². The summed E-state index contributed by atoms with van der Waals surface area (Å²) in [5.74, 6) is -1.02. The van der Waals surface area contributed by atoms with Gasteiger partial charge in [-0.15, -0.1) is 0 Å². The van der Waals surface area contributed by atoms with Gasteiger partial charge in [0.25, 0.3) is 0 Å². The Labute approximate surface area is 121 Å². The smallest absolute Gasteiger partial charge is 0.249 e. The van der Waals surface area contributed by atoms with E-state index < -0.39 is 11.9 Å². The average Bonchev–Trinajstić information content (AvgIpc) is 2.52. The van der Waals surface area contributed by atoms with Gasteiger partial charge >= 0.3 is 0 Å². The lowest BCUT2D eigenvalue weighted by molar-refractivity contribution is -0.125. The Hall–Kier alpha value is -1.62. The fourth-order valence-corrected chi connectivity index (χ4v) is 2.42. The summed E-state index contributed by atoms with van der Waals surface area (Å²) in [4.78, 5) is 25.4. The van der Waals surface area contributed by atoms with Crippen LogP contribution in [0.2, 0.25) is 5.02 Å². The van der Waals surface area contributed by atoms with Crippen molar-refractivity contribution in [2.75, 3.05) is 11.4 Å². The summed E-state index contributed by atoms with van der Waals surface area (Å²) in [5, 5.41) is 2.95. The van der Waals surface area contributed by atoms with Gasteiger partial charge in [-0.05, 0) is 24.6 Å². The van der Waals surface area contributed by atoms with Crippen molar-refractivity contribution in [3.63, 3.8) is 0 Å². The second-order valence-corrected chi connectivity index (χ2v) is 5.18. The van der Waals surface area contributed by atoms with E-state index in [2.05, 4.69) is 5.32 Å². The molecular formula is C14H16ClFN2O2. The highest BCUT2D eigenvalue weighted by molar-refractivity contribution is 6.30. The Morgan fingerprint density at radius 1 is 1.45 bits per heavy atom. The number of nitrogens with zero attached hydrogens (tertiary/aromatic N) is 1. The molecule has 1 atom stereocenters. The maximum atomic E-state index is 14.0. The minimum absolute atomic E-state index is 0.161. The molecule has 0 bridgehead atoms. The molecule has 1 saturated heterocycles. The molecular weight excluding hydrogens is 283 g/mol. The van der Waals surface area contributed by atoms with Gasteiger partial charge in [-0.1, -0.05) is 24.9 Å². The second-order valence-electron chi connectivity index (χ2n) is 4.74. The molecule has 0 radical (unpaired) electrons. The van der Waals surface area contributed by atoms with Crippen molar-refractivity contribution in [2.45, 2.75) is 32.2 Å². The van der Waals surface area contributed by atoms with E-state index in [0.29, 0.717) is 6.42 Å². The van der Waals surface area contributed by atoms with Crippen molar-refractivity contribution in [1.29, 1.82) is 0 Å². The molecule has 108 valence electrons. The van der Waals surface area contributed by atoms with Gasteiger partial charge in [0, 0.05) is 18.0 Å². The highest BCUT2D eigenvalue weighted by Gasteiger charge is 2.31. The molecule has 20 heavy (non-hydrogen) atoms. The van der Waals surface area contributed by atoms with Gasteiger partial charge < -0.3 is 10.2 Å². The first-order chi connectivity index (χ1) is 9.52. The molecule has 1 aliphatic rings. The number of carbonyl (C=O) groups excluding carboxylic acids is 2. The first-order valence-electron chi connectivity index (χ1n) is 6.58. The number of carbonyl (C=O) groups is 2. The zero-order valence-electron chi connectivity index (χ0n) is 11.2. The van der Waals surface area contributed by atoms with Crippen molar-refractivity contribution >= 4 is 29.1 Å². The van der Waals surface area contributed by atoms with Gasteiger partial charge in [0.05, 0.1) is 5.69 Å². The van der Waals surface area contributed by atoms with Gasteiger partial charge in [0.15, 0.2) is 0 Å². The third-order valence-corrected chi connectivity index (χ3v) is 3.47. The molecule has 0 saturated carbocycles. The van der Waals surface area contributed by atoms with E-state index in [1.54, 1.807) is 0 Å². The molecule has 2 amide bonds. The largest absolute Gasteiger partial charge is 0.344 e. The minimum atomic E-state index is -0.593. The van der Waals surface area contributed by atoms with Gasteiger partial charge in [-0.3, -0.25) is 9.59 Å². The number of anilines is 1. The van der Waals surface area contributed by atoms with Crippen LogP contribution in [0.4, 0.5) is 10.1 Å². The van der Waals surface area contributed by atoms with Crippen LogP contribution in [0.25, 0.3) is 0 Å². The lowest BCUT2D eigenvalue weighted by Crippen LogP contribution is -2.44. The molecule has 2 rings (SSSR count). The van der Waals surface area contributed by atoms with Crippen molar-refractivity contribution < 1.29 is 14.0 Å². The normalized spacial score (nSPS) is 19.8. The van der Waals surface area contributed by atoms with Crippen LogP contribution in [0.1, 0.15) is 26.2 Å². The average molecular weight is 299 g/mol. The van der Waals surface area contributed by atoms with Crippen molar-refractivity contribution in [1.82, 2.24) is 5.32 Å². The summed E-state index contributed by atoms with van der Waals surface area (Å²) in [6.45, 7) is 2.10. The Morgan fingerprint density at radius 2 is 2.20 bits per heavy atom. The number of benzene rings is 1. The number of nitrogens with one attached hydrogen (secondary N) is 1.